The molecule has 13 N–H and O–H groups in total. The number of carbonyl (C=O) groups is 7. The second-order valence-electron chi connectivity index (χ2n) is 20.4. The van der Waals surface area contributed by atoms with Gasteiger partial charge in [-0.1, -0.05) is 84.9 Å². The van der Waals surface area contributed by atoms with Crippen molar-refractivity contribution in [2.75, 3.05) is 25.6 Å². The summed E-state index contributed by atoms with van der Waals surface area (Å²) in [7, 11) is 1.29. The van der Waals surface area contributed by atoms with Crippen LogP contribution in [0.4, 0.5) is 10.5 Å². The van der Waals surface area contributed by atoms with E-state index in [4.69, 9.17) is 30.4 Å². The fraction of sp³-hybridized carbons (Fsp3) is 0.373. The Balaban J connectivity index is 0.906. The van der Waals surface area contributed by atoms with Crippen LogP contribution in [0.25, 0.3) is 0 Å². The lowest BCUT2D eigenvalue weighted by Crippen LogP contribution is -2.56. The maximum Gasteiger partial charge on any atom is 0.407 e. The highest BCUT2D eigenvalue weighted by atomic mass is 16.7. The van der Waals surface area contributed by atoms with Crippen molar-refractivity contribution in [3.05, 3.63) is 153 Å². The summed E-state index contributed by atoms with van der Waals surface area (Å²) in [5.74, 6) is -5.95. The molecular weight excluding hydrogens is 1050 g/mol. The van der Waals surface area contributed by atoms with Crippen LogP contribution >= 0.6 is 0 Å². The minimum Gasteiger partial charge on any atom is -0.507 e. The highest BCUT2D eigenvalue weighted by Crippen LogP contribution is 2.52. The molecule has 1 aliphatic heterocycles. The molecule has 1 heterocycles. The molecule has 4 amide bonds. The van der Waals surface area contributed by atoms with E-state index >= 15 is 0 Å². The number of aromatic hydroxyl groups is 2. The number of aliphatic hydroxyl groups excluding tert-OH is 2. The number of nitrogens with two attached hydrogens (primary N) is 2. The van der Waals surface area contributed by atoms with Crippen molar-refractivity contribution in [2.45, 2.75) is 119 Å². The van der Waals surface area contributed by atoms with Gasteiger partial charge in [-0.05, 0) is 74.0 Å². The number of methoxy groups -OCH3 is 1. The first kappa shape index (κ1) is 59.0. The Hall–Kier alpha value is -8.09. The Kier molecular flexibility index (Phi) is 19.0. The number of rotatable bonds is 22. The standard InChI is InChI=1S/C59H66N6O16/c1-31-50(68)40(26-45(80-31)81-43-28-59(77,44(67)29-66)27-37-47(43)54(72)49-48(52(37)70)51(69)36-16-11-18-42(78-2)46(36)53(49)71)65-58(76)79-30-34-19-21-35(22-20-34)62-56(74)39(17-9-10-23-60)63-57(75)41(25-33-14-7-4-8-15-33)64-55(73)38(61)24-32-12-5-3-6-13-32/h3-8,11-16,18-22,31,38-41,43,45,50,66,68,70,72,77H,9-10,17,23-30,60-61H2,1-2H3,(H,62,74)(H,63,75)(H,64,73)(H,65,76). The van der Waals surface area contributed by atoms with Crippen LogP contribution in [0.5, 0.6) is 17.2 Å². The van der Waals surface area contributed by atoms with Crippen LogP contribution < -0.4 is 37.5 Å². The van der Waals surface area contributed by atoms with Gasteiger partial charge < -0.3 is 77.2 Å². The van der Waals surface area contributed by atoms with Crippen molar-refractivity contribution in [3.8, 4) is 17.2 Å². The van der Waals surface area contributed by atoms with E-state index in [0.717, 1.165) is 11.1 Å². The zero-order chi connectivity index (χ0) is 58.1. The van der Waals surface area contributed by atoms with Gasteiger partial charge in [0.25, 0.3) is 0 Å². The number of benzene rings is 5. The van der Waals surface area contributed by atoms with Crippen LogP contribution in [-0.2, 0) is 59.3 Å². The van der Waals surface area contributed by atoms with Crippen molar-refractivity contribution < 1.29 is 78.0 Å². The third kappa shape index (κ3) is 13.4. The van der Waals surface area contributed by atoms with Crippen molar-refractivity contribution in [1.29, 1.82) is 0 Å². The van der Waals surface area contributed by atoms with Crippen LogP contribution in [-0.4, -0.2) is 135 Å². The summed E-state index contributed by atoms with van der Waals surface area (Å²) in [6, 6.07) is 24.8. The van der Waals surface area contributed by atoms with Gasteiger partial charge in [0.1, 0.15) is 54.3 Å². The molecule has 0 aromatic heterocycles. The molecule has 9 unspecified atom stereocenters. The SMILES string of the molecule is COc1cccc2c1C(=O)c1c(O)c3c(c(O)c1C2=O)CC(O)(C(=O)CO)CC3OC1CC(NC(=O)OCc2ccc(NC(=O)C(CCCCN)NC(=O)C(Cc3ccccc3)NC(=O)C(N)Cc3ccccc3)cc2)C(O)C(C)O1. The largest absolute Gasteiger partial charge is 0.507 e. The number of ether oxygens (including phenoxy) is 4. The minimum atomic E-state index is -2.41. The number of hydrogen-bond donors (Lipinski definition) is 11. The number of hydrogen-bond acceptors (Lipinski definition) is 18. The average Bonchev–Trinajstić information content (AvgIpc) is 3.61. The molecule has 0 saturated carbocycles. The molecule has 0 radical (unpaired) electrons. The lowest BCUT2D eigenvalue weighted by molar-refractivity contribution is -0.249. The second-order valence-corrected chi connectivity index (χ2v) is 20.4. The monoisotopic (exact) mass is 1110 g/mol. The van der Waals surface area contributed by atoms with Crippen molar-refractivity contribution >= 4 is 46.9 Å². The maximum absolute atomic E-state index is 14.1. The van der Waals surface area contributed by atoms with Crippen molar-refractivity contribution in [2.24, 2.45) is 11.5 Å². The molecule has 2 aliphatic carbocycles. The summed E-state index contributed by atoms with van der Waals surface area (Å²) in [5, 5.41) is 67.4. The average molecular weight is 1120 g/mol. The summed E-state index contributed by atoms with van der Waals surface area (Å²) >= 11 is 0. The molecule has 22 nitrogen and oxygen atoms in total. The normalized spacial score (nSPS) is 21.2. The van der Waals surface area contributed by atoms with Gasteiger partial charge in [-0.15, -0.1) is 0 Å². The predicted molar refractivity (Wildman–Crippen MR) is 291 cm³/mol. The number of anilines is 1. The number of fused-ring (bicyclic) bond motifs is 3. The predicted octanol–water partition coefficient (Wildman–Crippen LogP) is 2.82. The number of phenolic OH excluding ortho intramolecular Hbond substituents is 2. The number of carbonyl (C=O) groups excluding carboxylic acids is 7. The fourth-order valence-corrected chi connectivity index (χ4v) is 10.4. The lowest BCUT2D eigenvalue weighted by Gasteiger charge is -2.42. The Morgan fingerprint density at radius 1 is 0.778 bits per heavy atom. The number of amides is 4. The molecule has 0 bridgehead atoms. The summed E-state index contributed by atoms with van der Waals surface area (Å²) in [6.45, 7) is 0.462. The van der Waals surface area contributed by atoms with E-state index in [1.54, 1.807) is 24.3 Å². The Morgan fingerprint density at radius 3 is 2.09 bits per heavy atom. The summed E-state index contributed by atoms with van der Waals surface area (Å²) in [6.07, 6.45) is -6.09. The zero-order valence-corrected chi connectivity index (χ0v) is 44.6. The van der Waals surface area contributed by atoms with Gasteiger partial charge in [0, 0.05) is 48.1 Å². The van der Waals surface area contributed by atoms with Crippen molar-refractivity contribution in [1.82, 2.24) is 16.0 Å². The van der Waals surface area contributed by atoms with E-state index in [9.17, 15) is 59.1 Å². The van der Waals surface area contributed by atoms with E-state index in [-0.39, 0.29) is 60.3 Å². The third-order valence-corrected chi connectivity index (χ3v) is 14.8. The molecule has 1 fully saturated rings. The minimum absolute atomic E-state index is 0.0307. The van der Waals surface area contributed by atoms with Crippen LogP contribution in [0.2, 0.25) is 0 Å². The Morgan fingerprint density at radius 2 is 1.43 bits per heavy atom. The molecule has 3 aliphatic rings. The van der Waals surface area contributed by atoms with Gasteiger partial charge in [0.2, 0.25) is 23.5 Å². The Labute approximate surface area is 466 Å². The zero-order valence-electron chi connectivity index (χ0n) is 44.6. The van der Waals surface area contributed by atoms with Gasteiger partial charge in [-0.3, -0.25) is 28.8 Å². The molecule has 22 heteroatoms. The molecule has 8 rings (SSSR count). The van der Waals surface area contributed by atoms with E-state index in [1.165, 1.54) is 32.2 Å². The molecule has 1 saturated heterocycles. The first-order chi connectivity index (χ1) is 38.8. The van der Waals surface area contributed by atoms with Gasteiger partial charge in [-0.2, -0.15) is 0 Å². The molecule has 9 atom stereocenters. The number of unbranched alkanes of at least 4 members (excludes halogenated alkanes) is 1. The summed E-state index contributed by atoms with van der Waals surface area (Å²) < 4.78 is 23.1. The molecule has 81 heavy (non-hydrogen) atoms. The van der Waals surface area contributed by atoms with Gasteiger partial charge >= 0.3 is 6.09 Å². The summed E-state index contributed by atoms with van der Waals surface area (Å²) in [4.78, 5) is 95.6. The smallest absolute Gasteiger partial charge is 0.407 e. The first-order valence-corrected chi connectivity index (χ1v) is 26.5. The van der Waals surface area contributed by atoms with Crippen LogP contribution in [0.1, 0.15) is 105 Å². The number of Topliss-reactive ketones (excluding diaryl/α,β-unsaturated/α-hetero) is 1. The van der Waals surface area contributed by atoms with Gasteiger partial charge in [-0.25, -0.2) is 4.79 Å². The van der Waals surface area contributed by atoms with E-state index in [2.05, 4.69) is 21.3 Å². The molecule has 5 aromatic rings. The number of aliphatic hydroxyl groups is 3. The molecular formula is C59H66N6O16. The number of ketones is 3. The maximum atomic E-state index is 14.1. The van der Waals surface area contributed by atoms with E-state index < -0.39 is 138 Å². The first-order valence-electron chi connectivity index (χ1n) is 26.5. The fourth-order valence-electron chi connectivity index (χ4n) is 10.4. The lowest BCUT2D eigenvalue weighted by atomic mass is 9.72. The Bertz CT molecular complexity index is 3140. The van der Waals surface area contributed by atoms with Gasteiger partial charge in [0.05, 0.1) is 48.1 Å². The van der Waals surface area contributed by atoms with Crippen LogP contribution in [0.3, 0.4) is 0 Å². The second kappa shape index (κ2) is 26.0. The van der Waals surface area contributed by atoms with Gasteiger partial charge in [0.15, 0.2) is 17.9 Å². The molecule has 0 spiro atoms. The number of nitrogens with one attached hydrogen (secondary N) is 4. The van der Waals surface area contributed by atoms with E-state index in [1.807, 2.05) is 60.7 Å². The highest BCUT2D eigenvalue weighted by molar-refractivity contribution is 6.31. The van der Waals surface area contributed by atoms with E-state index in [0.29, 0.717) is 30.6 Å². The third-order valence-electron chi connectivity index (χ3n) is 14.8. The molecule has 428 valence electrons. The number of phenols is 2. The number of alkyl carbamates (subject to hydrolysis) is 1. The van der Waals surface area contributed by atoms with Crippen LogP contribution in [0, 0.1) is 0 Å². The molecule has 5 aromatic carbocycles. The summed E-state index contributed by atoms with van der Waals surface area (Å²) in [5.41, 5.74) is 10.2. The topological polar surface area (TPSA) is 358 Å². The highest BCUT2D eigenvalue weighted by Gasteiger charge is 2.50. The quantitative estimate of drug-likeness (QED) is 0.0344. The van der Waals surface area contributed by atoms with Crippen molar-refractivity contribution in [3.63, 3.8) is 0 Å². The van der Waals surface area contributed by atoms with Crippen LogP contribution in [0.15, 0.2) is 103 Å².